The Morgan fingerprint density at radius 1 is 1.55 bits per heavy atom. The van der Waals surface area contributed by atoms with Crippen molar-refractivity contribution in [2.45, 2.75) is 12.8 Å². The summed E-state index contributed by atoms with van der Waals surface area (Å²) in [7, 11) is 0. The van der Waals surface area contributed by atoms with Crippen LogP contribution in [0.2, 0.25) is 0 Å². The molecule has 0 aliphatic rings. The van der Waals surface area contributed by atoms with E-state index in [9.17, 15) is 0 Å². The summed E-state index contributed by atoms with van der Waals surface area (Å²) in [6, 6.07) is 0. The molecule has 0 aliphatic carbocycles. The molecule has 0 radical (unpaired) electrons. The van der Waals surface area contributed by atoms with Crippen LogP contribution in [0, 0.1) is 0 Å². The monoisotopic (exact) mass is 187 g/mol. The minimum atomic E-state index is 0.708. The van der Waals surface area contributed by atoms with Gasteiger partial charge in [-0.2, -0.15) is 0 Å². The fraction of sp³-hybridized carbons (Fsp3) is 0.375. The molecular weight excluding hydrogens is 178 g/mol. The Kier molecular flexibility index (Phi) is 4.24. The Labute approximate surface area is 75.7 Å². The smallest absolute Gasteiger partial charge is 0.0794 e. The second-order valence-corrected chi connectivity index (χ2v) is 3.47. The molecule has 0 saturated heterocycles. The molecule has 0 bridgehead atoms. The zero-order valence-electron chi connectivity index (χ0n) is 6.16. The third-order valence-corrected chi connectivity index (χ3v) is 2.27. The quantitative estimate of drug-likeness (QED) is 0.522. The lowest BCUT2D eigenvalue weighted by atomic mass is 10.3. The van der Waals surface area contributed by atoms with E-state index in [1.807, 2.05) is 11.7 Å². The molecule has 0 spiro atoms. The van der Waals surface area contributed by atoms with Crippen LogP contribution in [0.3, 0.4) is 0 Å². The molecule has 60 valence electrons. The molecule has 1 aromatic heterocycles. The lowest BCUT2D eigenvalue weighted by Gasteiger charge is -1.85. The zero-order valence-corrected chi connectivity index (χ0v) is 7.74. The summed E-state index contributed by atoms with van der Waals surface area (Å²) >= 11 is 7.19. The molecule has 0 N–H and O–H groups in total. The third-order valence-electron chi connectivity index (χ3n) is 1.24. The maximum absolute atomic E-state index is 5.50. The van der Waals surface area contributed by atoms with Gasteiger partial charge in [-0.1, -0.05) is 12.2 Å². The first-order valence-electron chi connectivity index (χ1n) is 3.52. The topological polar surface area (TPSA) is 12.9 Å². The summed E-state index contributed by atoms with van der Waals surface area (Å²) in [5.41, 5.74) is 1.85. The Morgan fingerprint density at radius 2 is 2.45 bits per heavy atom. The van der Waals surface area contributed by atoms with Crippen molar-refractivity contribution in [2.24, 2.45) is 0 Å². The predicted molar refractivity (Wildman–Crippen MR) is 50.3 cm³/mol. The number of aromatic nitrogens is 1. The molecule has 1 heterocycles. The van der Waals surface area contributed by atoms with Gasteiger partial charge in [0.25, 0.3) is 0 Å². The van der Waals surface area contributed by atoms with E-state index in [1.54, 1.807) is 11.3 Å². The SMILES string of the molecule is ClCC/C=C/Cc1cncs1. The average Bonchev–Trinajstić information content (AvgIpc) is 2.50. The highest BCUT2D eigenvalue weighted by molar-refractivity contribution is 7.09. The maximum atomic E-state index is 5.50. The van der Waals surface area contributed by atoms with Crippen LogP contribution >= 0.6 is 22.9 Å². The maximum Gasteiger partial charge on any atom is 0.0794 e. The fourth-order valence-electron chi connectivity index (χ4n) is 0.723. The molecule has 0 saturated carbocycles. The van der Waals surface area contributed by atoms with Crippen LogP contribution < -0.4 is 0 Å². The van der Waals surface area contributed by atoms with Crippen molar-refractivity contribution in [3.8, 4) is 0 Å². The number of thiazole rings is 1. The van der Waals surface area contributed by atoms with Crippen LogP contribution in [0.1, 0.15) is 11.3 Å². The van der Waals surface area contributed by atoms with Gasteiger partial charge in [-0.25, -0.2) is 0 Å². The van der Waals surface area contributed by atoms with Gasteiger partial charge in [0, 0.05) is 23.4 Å². The Morgan fingerprint density at radius 3 is 3.09 bits per heavy atom. The highest BCUT2D eigenvalue weighted by Gasteiger charge is 1.88. The van der Waals surface area contributed by atoms with E-state index in [0.29, 0.717) is 5.88 Å². The van der Waals surface area contributed by atoms with E-state index in [2.05, 4.69) is 17.1 Å². The first kappa shape index (κ1) is 8.75. The molecule has 11 heavy (non-hydrogen) atoms. The van der Waals surface area contributed by atoms with Crippen LogP contribution in [-0.4, -0.2) is 10.9 Å². The van der Waals surface area contributed by atoms with Gasteiger partial charge in [0.15, 0.2) is 0 Å². The van der Waals surface area contributed by atoms with E-state index in [1.165, 1.54) is 4.88 Å². The van der Waals surface area contributed by atoms with Gasteiger partial charge in [0.1, 0.15) is 0 Å². The molecular formula is C8H10ClNS. The number of alkyl halides is 1. The molecule has 1 rings (SSSR count). The lowest BCUT2D eigenvalue weighted by molar-refractivity contribution is 1.19. The van der Waals surface area contributed by atoms with Crippen LogP contribution in [0.4, 0.5) is 0 Å². The second kappa shape index (κ2) is 5.33. The van der Waals surface area contributed by atoms with Crippen molar-refractivity contribution in [3.63, 3.8) is 0 Å². The summed E-state index contributed by atoms with van der Waals surface area (Å²) in [6.45, 7) is 0. The van der Waals surface area contributed by atoms with E-state index in [4.69, 9.17) is 11.6 Å². The van der Waals surface area contributed by atoms with Gasteiger partial charge in [-0.05, 0) is 6.42 Å². The van der Waals surface area contributed by atoms with Crippen molar-refractivity contribution >= 4 is 22.9 Å². The third kappa shape index (κ3) is 3.54. The van der Waals surface area contributed by atoms with Crippen LogP contribution in [0.25, 0.3) is 0 Å². The number of hydrogen-bond donors (Lipinski definition) is 0. The highest BCUT2D eigenvalue weighted by Crippen LogP contribution is 2.06. The van der Waals surface area contributed by atoms with E-state index < -0.39 is 0 Å². The first-order chi connectivity index (χ1) is 5.43. The largest absolute Gasteiger partial charge is 0.253 e. The molecule has 0 amide bonds. The van der Waals surface area contributed by atoms with Crippen molar-refractivity contribution in [1.82, 2.24) is 4.98 Å². The Bertz CT molecular complexity index is 206. The number of nitrogens with zero attached hydrogens (tertiary/aromatic N) is 1. The Hall–Kier alpha value is -0.340. The van der Waals surface area contributed by atoms with Crippen LogP contribution in [0.5, 0.6) is 0 Å². The number of hydrogen-bond acceptors (Lipinski definition) is 2. The summed E-state index contributed by atoms with van der Waals surface area (Å²) in [5.74, 6) is 0.708. The van der Waals surface area contributed by atoms with E-state index >= 15 is 0 Å². The number of rotatable bonds is 4. The van der Waals surface area contributed by atoms with Gasteiger partial charge >= 0.3 is 0 Å². The van der Waals surface area contributed by atoms with Crippen LogP contribution in [0.15, 0.2) is 23.9 Å². The first-order valence-corrected chi connectivity index (χ1v) is 4.93. The molecule has 0 aliphatic heterocycles. The minimum Gasteiger partial charge on any atom is -0.253 e. The number of allylic oxidation sites excluding steroid dienone is 2. The van der Waals surface area contributed by atoms with Crippen molar-refractivity contribution < 1.29 is 0 Å². The van der Waals surface area contributed by atoms with Gasteiger partial charge in [0.05, 0.1) is 5.51 Å². The zero-order chi connectivity index (χ0) is 7.94. The summed E-state index contributed by atoms with van der Waals surface area (Å²) in [4.78, 5) is 5.28. The molecule has 3 heteroatoms. The Balaban J connectivity index is 2.23. The summed E-state index contributed by atoms with van der Waals surface area (Å²) < 4.78 is 0. The summed E-state index contributed by atoms with van der Waals surface area (Å²) in [5, 5.41) is 0. The second-order valence-electron chi connectivity index (χ2n) is 2.12. The molecule has 0 fully saturated rings. The molecule has 1 nitrogen and oxygen atoms in total. The standard InChI is InChI=1S/C8H10ClNS/c9-5-3-1-2-4-8-6-10-7-11-8/h1-2,6-7H,3-5H2/b2-1+. The molecule has 0 aromatic carbocycles. The molecule has 0 atom stereocenters. The molecule has 0 unspecified atom stereocenters. The minimum absolute atomic E-state index is 0.708. The van der Waals surface area contributed by atoms with Crippen molar-refractivity contribution in [1.29, 1.82) is 0 Å². The highest BCUT2D eigenvalue weighted by atomic mass is 35.5. The number of halogens is 1. The average molecular weight is 188 g/mol. The van der Waals surface area contributed by atoms with Gasteiger partial charge < -0.3 is 0 Å². The van der Waals surface area contributed by atoms with Gasteiger partial charge in [-0.15, -0.1) is 22.9 Å². The van der Waals surface area contributed by atoms with Crippen molar-refractivity contribution in [3.05, 3.63) is 28.7 Å². The normalized spacial score (nSPS) is 11.0. The summed E-state index contributed by atoms with van der Waals surface area (Å²) in [6.07, 6.45) is 8.08. The van der Waals surface area contributed by atoms with E-state index in [0.717, 1.165) is 12.8 Å². The fourth-order valence-corrected chi connectivity index (χ4v) is 1.42. The lowest BCUT2D eigenvalue weighted by Crippen LogP contribution is -1.73. The molecule has 1 aromatic rings. The predicted octanol–water partition coefficient (Wildman–Crippen LogP) is 2.87. The van der Waals surface area contributed by atoms with Gasteiger partial charge in [-0.3, -0.25) is 4.98 Å². The van der Waals surface area contributed by atoms with Gasteiger partial charge in [0.2, 0.25) is 0 Å². The van der Waals surface area contributed by atoms with Crippen LogP contribution in [-0.2, 0) is 6.42 Å². The van der Waals surface area contributed by atoms with E-state index in [-0.39, 0.29) is 0 Å². The van der Waals surface area contributed by atoms with Crippen molar-refractivity contribution in [2.75, 3.05) is 5.88 Å².